The lowest BCUT2D eigenvalue weighted by atomic mass is 10.2. The Labute approximate surface area is 98.8 Å². The second kappa shape index (κ2) is 3.82. The van der Waals surface area contributed by atoms with E-state index in [1.165, 1.54) is 0 Å². The van der Waals surface area contributed by atoms with E-state index in [1.807, 2.05) is 31.2 Å². The van der Waals surface area contributed by atoms with Crippen molar-refractivity contribution in [1.29, 1.82) is 0 Å². The molecule has 1 aliphatic heterocycles. The molecule has 1 aromatic carbocycles. The maximum Gasteiger partial charge on any atom is 0.168 e. The Morgan fingerprint density at radius 3 is 3.06 bits per heavy atom. The fourth-order valence-electron chi connectivity index (χ4n) is 2.11. The molecular weight excluding hydrogens is 216 g/mol. The second-order valence-corrected chi connectivity index (χ2v) is 4.17. The summed E-state index contributed by atoms with van der Waals surface area (Å²) < 4.78 is 6.98. The van der Waals surface area contributed by atoms with Crippen LogP contribution in [0.1, 0.15) is 27.3 Å². The van der Waals surface area contributed by atoms with Crippen LogP contribution in [0.25, 0.3) is 5.69 Å². The number of aromatic nitrogens is 2. The van der Waals surface area contributed by atoms with E-state index in [-0.39, 0.29) is 0 Å². The molecular formula is C13H12N2O2. The summed E-state index contributed by atoms with van der Waals surface area (Å²) >= 11 is 0. The van der Waals surface area contributed by atoms with Crippen molar-refractivity contribution in [3.8, 4) is 5.69 Å². The standard InChI is InChI=1S/C13H12N2O2/c1-9-3-2-4-10(5-9)15-13(6-16)11-7-17-8-12(11)14-15/h2-6H,7-8H2,1H3. The summed E-state index contributed by atoms with van der Waals surface area (Å²) in [7, 11) is 0. The molecule has 0 N–H and O–H groups in total. The Bertz CT molecular complexity index is 587. The van der Waals surface area contributed by atoms with Gasteiger partial charge in [0.25, 0.3) is 0 Å². The molecule has 4 heteroatoms. The highest BCUT2D eigenvalue weighted by Crippen LogP contribution is 2.24. The van der Waals surface area contributed by atoms with Crippen LogP contribution in [0.2, 0.25) is 0 Å². The zero-order valence-electron chi connectivity index (χ0n) is 9.51. The number of carbonyl (C=O) groups is 1. The summed E-state index contributed by atoms with van der Waals surface area (Å²) in [6.07, 6.45) is 0.850. The highest BCUT2D eigenvalue weighted by molar-refractivity contribution is 5.76. The molecule has 0 aliphatic carbocycles. The van der Waals surface area contributed by atoms with Crippen LogP contribution in [0.5, 0.6) is 0 Å². The van der Waals surface area contributed by atoms with Crippen LogP contribution in [0.4, 0.5) is 0 Å². The van der Waals surface area contributed by atoms with Gasteiger partial charge < -0.3 is 4.74 Å². The second-order valence-electron chi connectivity index (χ2n) is 4.17. The highest BCUT2D eigenvalue weighted by atomic mass is 16.5. The minimum atomic E-state index is 0.481. The van der Waals surface area contributed by atoms with E-state index >= 15 is 0 Å². The third kappa shape index (κ3) is 1.57. The molecule has 17 heavy (non-hydrogen) atoms. The Kier molecular flexibility index (Phi) is 2.30. The quantitative estimate of drug-likeness (QED) is 0.739. The molecule has 0 bridgehead atoms. The minimum absolute atomic E-state index is 0.481. The van der Waals surface area contributed by atoms with Gasteiger partial charge in [0, 0.05) is 5.56 Å². The smallest absolute Gasteiger partial charge is 0.168 e. The van der Waals surface area contributed by atoms with Gasteiger partial charge in [0.2, 0.25) is 0 Å². The average Bonchev–Trinajstić information content (AvgIpc) is 2.88. The Balaban J connectivity index is 2.18. The van der Waals surface area contributed by atoms with Crippen LogP contribution in [-0.2, 0) is 18.0 Å². The van der Waals surface area contributed by atoms with Crippen molar-refractivity contribution >= 4 is 6.29 Å². The maximum absolute atomic E-state index is 11.2. The van der Waals surface area contributed by atoms with Gasteiger partial charge in [-0.2, -0.15) is 5.10 Å². The topological polar surface area (TPSA) is 44.1 Å². The van der Waals surface area contributed by atoms with Crippen LogP contribution in [0.3, 0.4) is 0 Å². The number of ether oxygens (including phenoxy) is 1. The fraction of sp³-hybridized carbons (Fsp3) is 0.231. The van der Waals surface area contributed by atoms with Crippen molar-refractivity contribution in [1.82, 2.24) is 9.78 Å². The molecule has 86 valence electrons. The number of fused-ring (bicyclic) bond motifs is 1. The molecule has 3 rings (SSSR count). The summed E-state index contributed by atoms with van der Waals surface area (Å²) in [5, 5.41) is 4.43. The van der Waals surface area contributed by atoms with E-state index in [9.17, 15) is 4.79 Å². The third-order valence-corrected chi connectivity index (χ3v) is 2.95. The molecule has 1 aliphatic rings. The summed E-state index contributed by atoms with van der Waals surface area (Å²) in [4.78, 5) is 11.2. The fourth-order valence-corrected chi connectivity index (χ4v) is 2.11. The number of hydrogen-bond acceptors (Lipinski definition) is 3. The zero-order valence-corrected chi connectivity index (χ0v) is 9.51. The van der Waals surface area contributed by atoms with Crippen LogP contribution in [-0.4, -0.2) is 16.1 Å². The van der Waals surface area contributed by atoms with Crippen molar-refractivity contribution in [2.24, 2.45) is 0 Å². The average molecular weight is 228 g/mol. The first-order chi connectivity index (χ1) is 8.29. The molecule has 2 aromatic rings. The molecule has 0 radical (unpaired) electrons. The molecule has 0 fully saturated rings. The van der Waals surface area contributed by atoms with E-state index in [2.05, 4.69) is 5.10 Å². The van der Waals surface area contributed by atoms with E-state index < -0.39 is 0 Å². The number of nitrogens with zero attached hydrogens (tertiary/aromatic N) is 2. The Morgan fingerprint density at radius 1 is 1.41 bits per heavy atom. The predicted molar refractivity (Wildman–Crippen MR) is 62.2 cm³/mol. The number of aryl methyl sites for hydroxylation is 1. The van der Waals surface area contributed by atoms with E-state index in [1.54, 1.807) is 4.68 Å². The molecule has 1 aromatic heterocycles. The molecule has 0 atom stereocenters. The van der Waals surface area contributed by atoms with Gasteiger partial charge in [-0.05, 0) is 24.6 Å². The van der Waals surface area contributed by atoms with Gasteiger partial charge >= 0.3 is 0 Å². The van der Waals surface area contributed by atoms with Gasteiger partial charge in [0.15, 0.2) is 6.29 Å². The number of benzene rings is 1. The molecule has 0 unspecified atom stereocenters. The normalized spacial score (nSPS) is 13.7. The Morgan fingerprint density at radius 2 is 2.29 bits per heavy atom. The first kappa shape index (κ1) is 10.2. The first-order valence-corrected chi connectivity index (χ1v) is 5.50. The molecule has 0 saturated carbocycles. The SMILES string of the molecule is Cc1cccc(-n2nc3c(c2C=O)COC3)c1. The highest BCUT2D eigenvalue weighted by Gasteiger charge is 2.22. The van der Waals surface area contributed by atoms with Crippen molar-refractivity contribution in [2.45, 2.75) is 20.1 Å². The summed E-state index contributed by atoms with van der Waals surface area (Å²) in [6, 6.07) is 7.94. The first-order valence-electron chi connectivity index (χ1n) is 5.50. The zero-order chi connectivity index (χ0) is 11.8. The number of aldehydes is 1. The number of hydrogen-bond donors (Lipinski definition) is 0. The molecule has 0 spiro atoms. The van der Waals surface area contributed by atoms with Gasteiger partial charge in [-0.25, -0.2) is 4.68 Å². The molecule has 2 heterocycles. The van der Waals surface area contributed by atoms with Gasteiger partial charge in [0.05, 0.1) is 24.6 Å². The summed E-state index contributed by atoms with van der Waals surface area (Å²) in [5.74, 6) is 0. The van der Waals surface area contributed by atoms with Gasteiger partial charge in [-0.1, -0.05) is 12.1 Å². The summed E-state index contributed by atoms with van der Waals surface area (Å²) in [6.45, 7) is 2.99. The molecule has 0 saturated heterocycles. The van der Waals surface area contributed by atoms with Gasteiger partial charge in [0.1, 0.15) is 5.69 Å². The molecule has 0 amide bonds. The predicted octanol–water partition coefficient (Wildman–Crippen LogP) is 2.02. The monoisotopic (exact) mass is 228 g/mol. The van der Waals surface area contributed by atoms with Crippen LogP contribution in [0, 0.1) is 6.92 Å². The Hall–Kier alpha value is -1.94. The minimum Gasteiger partial charge on any atom is -0.370 e. The van der Waals surface area contributed by atoms with Crippen LogP contribution in [0.15, 0.2) is 24.3 Å². The lowest BCUT2D eigenvalue weighted by Crippen LogP contribution is -2.04. The lowest BCUT2D eigenvalue weighted by Gasteiger charge is -2.05. The van der Waals surface area contributed by atoms with Crippen molar-refractivity contribution in [3.05, 3.63) is 46.8 Å². The van der Waals surface area contributed by atoms with Gasteiger partial charge in [-0.15, -0.1) is 0 Å². The third-order valence-electron chi connectivity index (χ3n) is 2.95. The molecule has 4 nitrogen and oxygen atoms in total. The van der Waals surface area contributed by atoms with Crippen LogP contribution >= 0.6 is 0 Å². The summed E-state index contributed by atoms with van der Waals surface area (Å²) in [5.41, 5.74) is 4.45. The van der Waals surface area contributed by atoms with E-state index in [0.29, 0.717) is 18.9 Å². The number of rotatable bonds is 2. The number of carbonyl (C=O) groups excluding carboxylic acids is 1. The van der Waals surface area contributed by atoms with Crippen molar-refractivity contribution in [2.75, 3.05) is 0 Å². The lowest BCUT2D eigenvalue weighted by molar-refractivity contribution is 0.110. The van der Waals surface area contributed by atoms with Crippen LogP contribution < -0.4 is 0 Å². The van der Waals surface area contributed by atoms with E-state index in [0.717, 1.165) is 28.8 Å². The largest absolute Gasteiger partial charge is 0.370 e. The van der Waals surface area contributed by atoms with Crippen molar-refractivity contribution in [3.63, 3.8) is 0 Å². The van der Waals surface area contributed by atoms with E-state index in [4.69, 9.17) is 4.74 Å². The van der Waals surface area contributed by atoms with Gasteiger partial charge in [-0.3, -0.25) is 4.79 Å². The van der Waals surface area contributed by atoms with Crippen molar-refractivity contribution < 1.29 is 9.53 Å². The maximum atomic E-state index is 11.2.